The van der Waals surface area contributed by atoms with E-state index < -0.39 is 11.7 Å². The van der Waals surface area contributed by atoms with Gasteiger partial charge in [0, 0.05) is 12.6 Å². The highest BCUT2D eigenvalue weighted by Gasteiger charge is 2.11. The largest absolute Gasteiger partial charge is 0.497 e. The van der Waals surface area contributed by atoms with E-state index in [1.54, 1.807) is 6.07 Å². The summed E-state index contributed by atoms with van der Waals surface area (Å²) in [7, 11) is 1.45. The highest BCUT2D eigenvalue weighted by molar-refractivity contribution is 5.94. The summed E-state index contributed by atoms with van der Waals surface area (Å²) in [5.41, 5.74) is 0.0456. The zero-order chi connectivity index (χ0) is 11.3. The molecule has 0 aliphatic rings. The average Bonchev–Trinajstić information content (AvgIpc) is 2.25. The Bertz CT molecular complexity index is 352. The molecule has 15 heavy (non-hydrogen) atoms. The van der Waals surface area contributed by atoms with E-state index in [2.05, 4.69) is 5.32 Å². The third-order valence-corrected chi connectivity index (χ3v) is 1.96. The first-order valence-electron chi connectivity index (χ1n) is 4.80. The number of carbonyl (C=O) groups excluding carboxylic acids is 1. The van der Waals surface area contributed by atoms with Crippen molar-refractivity contribution >= 4 is 5.91 Å². The van der Waals surface area contributed by atoms with Crippen molar-refractivity contribution in [3.63, 3.8) is 0 Å². The number of hydrogen-bond donors (Lipinski definition) is 1. The van der Waals surface area contributed by atoms with Crippen molar-refractivity contribution in [1.29, 1.82) is 0 Å². The minimum Gasteiger partial charge on any atom is -0.497 e. The molecule has 0 unspecified atom stereocenters. The summed E-state index contributed by atoms with van der Waals surface area (Å²) in [6.07, 6.45) is 0.823. The molecule has 0 atom stereocenters. The fraction of sp³-hybridized carbons (Fsp3) is 0.364. The number of carbonyl (C=O) groups is 1. The SMILES string of the molecule is CCCNC(=O)c1ccc(OC)cc1F. The third kappa shape index (κ3) is 2.94. The molecule has 0 aromatic heterocycles. The quantitative estimate of drug-likeness (QED) is 0.826. The van der Waals surface area contributed by atoms with Crippen LogP contribution in [0.3, 0.4) is 0 Å². The summed E-state index contributed by atoms with van der Waals surface area (Å²) in [6, 6.07) is 4.17. The number of benzene rings is 1. The molecule has 0 aliphatic heterocycles. The second-order valence-electron chi connectivity index (χ2n) is 3.10. The second-order valence-corrected chi connectivity index (χ2v) is 3.10. The van der Waals surface area contributed by atoms with Crippen molar-refractivity contribution < 1.29 is 13.9 Å². The molecular formula is C11H14FNO2. The van der Waals surface area contributed by atoms with E-state index in [1.807, 2.05) is 6.92 Å². The van der Waals surface area contributed by atoms with E-state index in [1.165, 1.54) is 19.2 Å². The van der Waals surface area contributed by atoms with E-state index >= 15 is 0 Å². The molecule has 0 aliphatic carbocycles. The van der Waals surface area contributed by atoms with Crippen LogP contribution in [0.15, 0.2) is 18.2 Å². The summed E-state index contributed by atoms with van der Waals surface area (Å²) in [5.74, 6) is -0.556. The highest BCUT2D eigenvalue weighted by Crippen LogP contribution is 2.15. The highest BCUT2D eigenvalue weighted by atomic mass is 19.1. The Morgan fingerprint density at radius 3 is 2.80 bits per heavy atom. The summed E-state index contributed by atoms with van der Waals surface area (Å²) in [5, 5.41) is 2.61. The van der Waals surface area contributed by atoms with Gasteiger partial charge >= 0.3 is 0 Å². The number of nitrogens with one attached hydrogen (secondary N) is 1. The summed E-state index contributed by atoms with van der Waals surface area (Å²) < 4.78 is 18.2. The van der Waals surface area contributed by atoms with Gasteiger partial charge in [0.1, 0.15) is 11.6 Å². The topological polar surface area (TPSA) is 38.3 Å². The number of amides is 1. The van der Waals surface area contributed by atoms with Gasteiger partial charge in [-0.15, -0.1) is 0 Å². The second kappa shape index (κ2) is 5.34. The molecular weight excluding hydrogens is 197 g/mol. The normalized spacial score (nSPS) is 9.80. The van der Waals surface area contributed by atoms with Crippen LogP contribution >= 0.6 is 0 Å². The number of hydrogen-bond acceptors (Lipinski definition) is 2. The van der Waals surface area contributed by atoms with Gasteiger partial charge in [-0.05, 0) is 18.6 Å². The molecule has 1 N–H and O–H groups in total. The first-order valence-corrected chi connectivity index (χ1v) is 4.80. The van der Waals surface area contributed by atoms with Gasteiger partial charge in [-0.1, -0.05) is 6.92 Å². The maximum Gasteiger partial charge on any atom is 0.254 e. The van der Waals surface area contributed by atoms with Crippen molar-refractivity contribution in [3.05, 3.63) is 29.6 Å². The van der Waals surface area contributed by atoms with Crippen LogP contribution < -0.4 is 10.1 Å². The van der Waals surface area contributed by atoms with Crippen LogP contribution in [-0.4, -0.2) is 19.6 Å². The van der Waals surface area contributed by atoms with Crippen LogP contribution in [0.5, 0.6) is 5.75 Å². The molecule has 3 nitrogen and oxygen atoms in total. The molecule has 0 saturated carbocycles. The van der Waals surface area contributed by atoms with Crippen molar-refractivity contribution in [2.75, 3.05) is 13.7 Å². The zero-order valence-electron chi connectivity index (χ0n) is 8.84. The van der Waals surface area contributed by atoms with Crippen molar-refractivity contribution in [3.8, 4) is 5.75 Å². The molecule has 1 amide bonds. The van der Waals surface area contributed by atoms with Crippen LogP contribution in [0.4, 0.5) is 4.39 Å². The Morgan fingerprint density at radius 1 is 1.53 bits per heavy atom. The van der Waals surface area contributed by atoms with E-state index in [4.69, 9.17) is 4.74 Å². The van der Waals surface area contributed by atoms with Crippen molar-refractivity contribution in [2.45, 2.75) is 13.3 Å². The molecule has 1 aromatic carbocycles. The summed E-state index contributed by atoms with van der Waals surface area (Å²) >= 11 is 0. The first kappa shape index (κ1) is 11.5. The fourth-order valence-electron chi connectivity index (χ4n) is 1.14. The van der Waals surface area contributed by atoms with Crippen LogP contribution in [0.25, 0.3) is 0 Å². The van der Waals surface area contributed by atoms with Gasteiger partial charge < -0.3 is 10.1 Å². The molecule has 82 valence electrons. The first-order chi connectivity index (χ1) is 7.19. The van der Waals surface area contributed by atoms with E-state index in [-0.39, 0.29) is 5.56 Å². The lowest BCUT2D eigenvalue weighted by Crippen LogP contribution is -2.24. The van der Waals surface area contributed by atoms with Gasteiger partial charge in [0.15, 0.2) is 0 Å². The van der Waals surface area contributed by atoms with Crippen LogP contribution in [0.2, 0.25) is 0 Å². The molecule has 0 bridgehead atoms. The standard InChI is InChI=1S/C11H14FNO2/c1-3-6-13-11(14)9-5-4-8(15-2)7-10(9)12/h4-5,7H,3,6H2,1-2H3,(H,13,14). The van der Waals surface area contributed by atoms with E-state index in [0.29, 0.717) is 12.3 Å². The molecule has 0 fully saturated rings. The predicted octanol–water partition coefficient (Wildman–Crippen LogP) is 1.97. The monoisotopic (exact) mass is 211 g/mol. The molecule has 4 heteroatoms. The fourth-order valence-corrected chi connectivity index (χ4v) is 1.14. The Labute approximate surface area is 88.2 Å². The smallest absolute Gasteiger partial charge is 0.254 e. The van der Waals surface area contributed by atoms with Gasteiger partial charge in [0.05, 0.1) is 12.7 Å². The van der Waals surface area contributed by atoms with Crippen LogP contribution in [0.1, 0.15) is 23.7 Å². The van der Waals surface area contributed by atoms with Crippen LogP contribution in [-0.2, 0) is 0 Å². The Morgan fingerprint density at radius 2 is 2.27 bits per heavy atom. The lowest BCUT2D eigenvalue weighted by Gasteiger charge is -2.06. The molecule has 1 aromatic rings. The number of ether oxygens (including phenoxy) is 1. The summed E-state index contributed by atoms with van der Waals surface area (Å²) in [6.45, 7) is 2.48. The number of halogens is 1. The lowest BCUT2D eigenvalue weighted by atomic mass is 10.2. The Hall–Kier alpha value is -1.58. The van der Waals surface area contributed by atoms with Crippen molar-refractivity contribution in [1.82, 2.24) is 5.32 Å². The van der Waals surface area contributed by atoms with Gasteiger partial charge in [-0.25, -0.2) is 4.39 Å². The Balaban J connectivity index is 2.81. The summed E-state index contributed by atoms with van der Waals surface area (Å²) in [4.78, 5) is 11.4. The van der Waals surface area contributed by atoms with Gasteiger partial charge in [-0.2, -0.15) is 0 Å². The molecule has 0 radical (unpaired) electrons. The maximum atomic E-state index is 13.4. The Kier molecular flexibility index (Phi) is 4.09. The third-order valence-electron chi connectivity index (χ3n) is 1.96. The zero-order valence-corrected chi connectivity index (χ0v) is 8.84. The maximum absolute atomic E-state index is 13.4. The van der Waals surface area contributed by atoms with Gasteiger partial charge in [0.25, 0.3) is 5.91 Å². The number of methoxy groups -OCH3 is 1. The molecule has 0 spiro atoms. The van der Waals surface area contributed by atoms with Gasteiger partial charge in [-0.3, -0.25) is 4.79 Å². The minimum atomic E-state index is -0.567. The molecule has 0 saturated heterocycles. The molecule has 0 heterocycles. The van der Waals surface area contributed by atoms with Gasteiger partial charge in [0.2, 0.25) is 0 Å². The van der Waals surface area contributed by atoms with E-state index in [0.717, 1.165) is 6.42 Å². The van der Waals surface area contributed by atoms with Crippen LogP contribution in [0, 0.1) is 5.82 Å². The predicted molar refractivity (Wildman–Crippen MR) is 55.6 cm³/mol. The van der Waals surface area contributed by atoms with E-state index in [9.17, 15) is 9.18 Å². The van der Waals surface area contributed by atoms with Crippen molar-refractivity contribution in [2.24, 2.45) is 0 Å². The minimum absolute atomic E-state index is 0.0456. The average molecular weight is 211 g/mol. The number of rotatable bonds is 4. The lowest BCUT2D eigenvalue weighted by molar-refractivity contribution is 0.0949. The molecule has 1 rings (SSSR count).